The van der Waals surface area contributed by atoms with Gasteiger partial charge in [0.1, 0.15) is 0 Å². The van der Waals surface area contributed by atoms with Gasteiger partial charge in [0.05, 0.1) is 0 Å². The van der Waals surface area contributed by atoms with Crippen molar-refractivity contribution in [3.63, 3.8) is 0 Å². The molecule has 2 unspecified atom stereocenters. The van der Waals surface area contributed by atoms with Crippen molar-refractivity contribution in [2.45, 2.75) is 51.1 Å². The van der Waals surface area contributed by atoms with E-state index in [0.717, 1.165) is 31.0 Å². The van der Waals surface area contributed by atoms with Crippen LogP contribution in [0.2, 0.25) is 0 Å². The van der Waals surface area contributed by atoms with Crippen molar-refractivity contribution >= 4 is 10.8 Å². The minimum atomic E-state index is 0.323. The predicted octanol–water partition coefficient (Wildman–Crippen LogP) is 4.52. The van der Waals surface area contributed by atoms with Crippen LogP contribution in [0.1, 0.15) is 55.4 Å². The van der Waals surface area contributed by atoms with E-state index in [1.165, 1.54) is 16.3 Å². The first-order valence-corrected chi connectivity index (χ1v) is 8.74. The Bertz CT molecular complexity index is 836. The molecule has 0 spiro atoms. The van der Waals surface area contributed by atoms with Gasteiger partial charge in [-0.1, -0.05) is 47.6 Å². The topological polar surface area (TPSA) is 51.0 Å². The first kappa shape index (κ1) is 15.3. The molecule has 0 aliphatic heterocycles. The van der Waals surface area contributed by atoms with Gasteiger partial charge in [-0.2, -0.15) is 4.98 Å². The van der Waals surface area contributed by atoms with E-state index in [1.54, 1.807) is 0 Å². The Morgan fingerprint density at radius 3 is 2.79 bits per heavy atom. The number of hydrogen-bond donors (Lipinski definition) is 1. The molecule has 1 heterocycles. The highest BCUT2D eigenvalue weighted by Crippen LogP contribution is 2.35. The molecular weight excluding hydrogens is 298 g/mol. The van der Waals surface area contributed by atoms with Gasteiger partial charge in [-0.05, 0) is 49.4 Å². The number of hydrogen-bond acceptors (Lipinski definition) is 4. The minimum Gasteiger partial charge on any atom is -0.339 e. The van der Waals surface area contributed by atoms with Crippen LogP contribution in [0.5, 0.6) is 0 Å². The summed E-state index contributed by atoms with van der Waals surface area (Å²) >= 11 is 0. The zero-order valence-electron chi connectivity index (χ0n) is 14.2. The van der Waals surface area contributed by atoms with Crippen LogP contribution < -0.4 is 5.32 Å². The van der Waals surface area contributed by atoms with Gasteiger partial charge in [-0.25, -0.2) is 0 Å². The molecule has 1 aliphatic rings. The average Bonchev–Trinajstić information content (AvgIpc) is 3.23. The predicted molar refractivity (Wildman–Crippen MR) is 94.9 cm³/mol. The molecule has 2 aromatic carbocycles. The summed E-state index contributed by atoms with van der Waals surface area (Å²) in [6.07, 6.45) is 3.33. The fourth-order valence-electron chi connectivity index (χ4n) is 3.91. The second-order valence-corrected chi connectivity index (χ2v) is 6.84. The Balaban J connectivity index is 1.47. The van der Waals surface area contributed by atoms with Crippen LogP contribution in [0.3, 0.4) is 0 Å². The highest BCUT2D eigenvalue weighted by molar-refractivity contribution is 5.86. The van der Waals surface area contributed by atoms with E-state index in [0.29, 0.717) is 18.0 Å². The highest BCUT2D eigenvalue weighted by atomic mass is 16.5. The maximum atomic E-state index is 5.35. The second kappa shape index (κ2) is 6.36. The molecule has 3 aromatic rings. The van der Waals surface area contributed by atoms with Crippen LogP contribution in [0.15, 0.2) is 47.0 Å². The quantitative estimate of drug-likeness (QED) is 0.767. The van der Waals surface area contributed by atoms with Crippen LogP contribution >= 0.6 is 0 Å². The molecule has 0 amide bonds. The number of rotatable bonds is 4. The molecule has 0 radical (unpaired) electrons. The third kappa shape index (κ3) is 2.94. The molecule has 24 heavy (non-hydrogen) atoms. The summed E-state index contributed by atoms with van der Waals surface area (Å²) in [6.45, 7) is 4.13. The molecule has 1 N–H and O–H groups in total. The highest BCUT2D eigenvalue weighted by Gasteiger charge is 2.30. The first-order valence-electron chi connectivity index (χ1n) is 8.74. The summed E-state index contributed by atoms with van der Waals surface area (Å²) in [7, 11) is 0. The summed E-state index contributed by atoms with van der Waals surface area (Å²) < 4.78 is 5.35. The van der Waals surface area contributed by atoms with E-state index in [9.17, 15) is 0 Å². The standard InChI is InChI=1S/C20H23N3O/c1-13(18-9-5-7-15-6-3-4-8-19(15)18)21-17-11-10-16(12-17)20-22-14(2)23-24-20/h3-9,13,16-17,21H,10-12H2,1-2H3/t13-,16?,17?/m1/s1. The molecule has 4 nitrogen and oxygen atoms in total. The fourth-order valence-corrected chi connectivity index (χ4v) is 3.91. The van der Waals surface area contributed by atoms with Gasteiger partial charge in [-0.3, -0.25) is 0 Å². The van der Waals surface area contributed by atoms with E-state index in [-0.39, 0.29) is 0 Å². The minimum absolute atomic E-state index is 0.323. The summed E-state index contributed by atoms with van der Waals surface area (Å²) in [5.41, 5.74) is 1.37. The molecule has 4 heteroatoms. The van der Waals surface area contributed by atoms with E-state index in [1.807, 2.05) is 6.92 Å². The van der Waals surface area contributed by atoms with Crippen LogP contribution in [0.4, 0.5) is 0 Å². The maximum absolute atomic E-state index is 5.35. The van der Waals surface area contributed by atoms with Crippen molar-refractivity contribution in [3.05, 3.63) is 59.7 Å². The molecule has 0 bridgehead atoms. The third-order valence-electron chi connectivity index (χ3n) is 5.10. The smallest absolute Gasteiger partial charge is 0.229 e. The Kier molecular flexibility index (Phi) is 4.07. The van der Waals surface area contributed by atoms with Crippen molar-refractivity contribution in [3.8, 4) is 0 Å². The number of aryl methyl sites for hydroxylation is 1. The summed E-state index contributed by atoms with van der Waals surface area (Å²) in [5, 5.41) is 10.4. The fraction of sp³-hybridized carbons (Fsp3) is 0.400. The number of aromatic nitrogens is 2. The van der Waals surface area contributed by atoms with Gasteiger partial charge in [0.15, 0.2) is 5.82 Å². The molecule has 1 aromatic heterocycles. The van der Waals surface area contributed by atoms with Crippen molar-refractivity contribution in [2.24, 2.45) is 0 Å². The summed E-state index contributed by atoms with van der Waals surface area (Å²) in [5.74, 6) is 1.92. The van der Waals surface area contributed by atoms with Crippen molar-refractivity contribution in [1.82, 2.24) is 15.5 Å². The Hall–Kier alpha value is -2.20. The van der Waals surface area contributed by atoms with Gasteiger partial charge in [0, 0.05) is 18.0 Å². The molecular formula is C20H23N3O. The lowest BCUT2D eigenvalue weighted by Gasteiger charge is -2.21. The number of fused-ring (bicyclic) bond motifs is 1. The monoisotopic (exact) mass is 321 g/mol. The van der Waals surface area contributed by atoms with Crippen molar-refractivity contribution < 1.29 is 4.52 Å². The van der Waals surface area contributed by atoms with Gasteiger partial charge in [0.25, 0.3) is 0 Å². The summed E-state index contributed by atoms with van der Waals surface area (Å²) in [6, 6.07) is 16.0. The normalized spacial score (nSPS) is 22.1. The number of nitrogens with zero attached hydrogens (tertiary/aromatic N) is 2. The van der Waals surface area contributed by atoms with Crippen LogP contribution in [0.25, 0.3) is 10.8 Å². The molecule has 1 saturated carbocycles. The molecule has 3 atom stereocenters. The zero-order chi connectivity index (χ0) is 16.5. The Morgan fingerprint density at radius 1 is 1.12 bits per heavy atom. The lowest BCUT2D eigenvalue weighted by Crippen LogP contribution is -2.29. The third-order valence-corrected chi connectivity index (χ3v) is 5.10. The van der Waals surface area contributed by atoms with Crippen LogP contribution in [-0.2, 0) is 0 Å². The van der Waals surface area contributed by atoms with E-state index < -0.39 is 0 Å². The molecule has 0 saturated heterocycles. The summed E-state index contributed by atoms with van der Waals surface area (Å²) in [4.78, 5) is 4.40. The van der Waals surface area contributed by atoms with Crippen LogP contribution in [-0.4, -0.2) is 16.2 Å². The van der Waals surface area contributed by atoms with Crippen molar-refractivity contribution in [1.29, 1.82) is 0 Å². The Morgan fingerprint density at radius 2 is 1.96 bits per heavy atom. The molecule has 124 valence electrons. The van der Waals surface area contributed by atoms with Crippen molar-refractivity contribution in [2.75, 3.05) is 0 Å². The second-order valence-electron chi connectivity index (χ2n) is 6.84. The van der Waals surface area contributed by atoms with Gasteiger partial charge in [0.2, 0.25) is 5.89 Å². The lowest BCUT2D eigenvalue weighted by molar-refractivity contribution is 0.347. The number of benzene rings is 2. The van der Waals surface area contributed by atoms with E-state index in [4.69, 9.17) is 4.52 Å². The van der Waals surface area contributed by atoms with Crippen LogP contribution in [0, 0.1) is 6.92 Å². The lowest BCUT2D eigenvalue weighted by atomic mass is 9.99. The zero-order valence-corrected chi connectivity index (χ0v) is 14.2. The molecule has 1 aliphatic carbocycles. The van der Waals surface area contributed by atoms with Gasteiger partial charge in [-0.15, -0.1) is 0 Å². The molecule has 1 fully saturated rings. The maximum Gasteiger partial charge on any atom is 0.229 e. The molecule has 4 rings (SSSR count). The van der Waals surface area contributed by atoms with Gasteiger partial charge >= 0.3 is 0 Å². The number of nitrogens with one attached hydrogen (secondary N) is 1. The first-order chi connectivity index (χ1) is 11.7. The van der Waals surface area contributed by atoms with E-state index >= 15 is 0 Å². The SMILES string of the molecule is Cc1noc(C2CCC(N[C@H](C)c3cccc4ccccc34)C2)n1. The largest absolute Gasteiger partial charge is 0.339 e. The van der Waals surface area contributed by atoms with E-state index in [2.05, 4.69) is 64.8 Å². The average molecular weight is 321 g/mol. The Labute approximate surface area is 142 Å². The van der Waals surface area contributed by atoms with Gasteiger partial charge < -0.3 is 9.84 Å².